The lowest BCUT2D eigenvalue weighted by atomic mass is 10.1. The number of hydrogen-bond acceptors (Lipinski definition) is 3. The molecule has 0 fully saturated rings. The number of nitrogens with zero attached hydrogens (tertiary/aromatic N) is 1. The van der Waals surface area contributed by atoms with E-state index in [4.69, 9.17) is 4.74 Å². The molecule has 0 saturated carbocycles. The molecule has 1 amide bonds. The van der Waals surface area contributed by atoms with Gasteiger partial charge >= 0.3 is 6.09 Å². The first-order chi connectivity index (χ1) is 8.35. The number of rotatable bonds is 1. The number of aromatic nitrogens is 1. The van der Waals surface area contributed by atoms with E-state index in [1.807, 2.05) is 40.0 Å². The number of fused-ring (bicyclic) bond motifs is 1. The summed E-state index contributed by atoms with van der Waals surface area (Å²) < 4.78 is 5.26. The van der Waals surface area contributed by atoms with Crippen molar-refractivity contribution in [1.29, 1.82) is 0 Å². The van der Waals surface area contributed by atoms with Gasteiger partial charge in [0.25, 0.3) is 0 Å². The first kappa shape index (κ1) is 12.9. The summed E-state index contributed by atoms with van der Waals surface area (Å²) in [7, 11) is 0. The molecule has 1 N–H and O–H groups in total. The molecule has 18 heavy (non-hydrogen) atoms. The predicted octanol–water partition coefficient (Wildman–Crippen LogP) is 2.38. The van der Waals surface area contributed by atoms with Crippen molar-refractivity contribution in [2.45, 2.75) is 52.2 Å². The fourth-order valence-electron chi connectivity index (χ4n) is 2.28. The normalized spacial score (nSPS) is 18.3. The summed E-state index contributed by atoms with van der Waals surface area (Å²) in [6.45, 7) is 7.60. The molecule has 0 aliphatic heterocycles. The Bertz CT molecular complexity index is 463. The van der Waals surface area contributed by atoms with Gasteiger partial charge in [-0.15, -0.1) is 0 Å². The maximum atomic E-state index is 11.7. The molecule has 4 heteroatoms. The lowest BCUT2D eigenvalue weighted by Crippen LogP contribution is -2.39. The van der Waals surface area contributed by atoms with Crippen LogP contribution in [0.4, 0.5) is 4.79 Å². The molecule has 98 valence electrons. The first-order valence-electron chi connectivity index (χ1n) is 6.28. The number of ether oxygens (including phenoxy) is 1. The zero-order valence-electron chi connectivity index (χ0n) is 11.4. The van der Waals surface area contributed by atoms with Crippen LogP contribution >= 0.6 is 0 Å². The number of amides is 1. The molecule has 1 aliphatic carbocycles. The lowest BCUT2D eigenvalue weighted by molar-refractivity contribution is 0.0506. The Balaban J connectivity index is 1.96. The fraction of sp³-hybridized carbons (Fsp3) is 0.571. The zero-order valence-corrected chi connectivity index (χ0v) is 11.4. The minimum atomic E-state index is -0.451. The van der Waals surface area contributed by atoms with E-state index in [1.54, 1.807) is 0 Å². The van der Waals surface area contributed by atoms with Gasteiger partial charge in [0.15, 0.2) is 0 Å². The van der Waals surface area contributed by atoms with Crippen molar-refractivity contribution in [3.05, 3.63) is 29.1 Å². The van der Waals surface area contributed by atoms with Crippen LogP contribution in [0.3, 0.4) is 0 Å². The van der Waals surface area contributed by atoms with Gasteiger partial charge in [0.05, 0.1) is 0 Å². The van der Waals surface area contributed by atoms with Crippen LogP contribution in [0.5, 0.6) is 0 Å². The van der Waals surface area contributed by atoms with E-state index >= 15 is 0 Å². The monoisotopic (exact) mass is 248 g/mol. The third-order valence-electron chi connectivity index (χ3n) is 3.01. The highest BCUT2D eigenvalue weighted by Gasteiger charge is 2.26. The summed E-state index contributed by atoms with van der Waals surface area (Å²) in [6, 6.07) is 2.15. The van der Waals surface area contributed by atoms with Crippen LogP contribution in [0.2, 0.25) is 0 Å². The Hall–Kier alpha value is -1.58. The highest BCUT2D eigenvalue weighted by atomic mass is 16.6. The van der Waals surface area contributed by atoms with Crippen LogP contribution in [-0.2, 0) is 17.6 Å². The van der Waals surface area contributed by atoms with E-state index in [9.17, 15) is 4.79 Å². The third kappa shape index (κ3) is 3.00. The van der Waals surface area contributed by atoms with Crippen molar-refractivity contribution >= 4 is 6.09 Å². The molecule has 1 unspecified atom stereocenters. The second-order valence-electron chi connectivity index (χ2n) is 5.79. The Kier molecular flexibility index (Phi) is 3.28. The largest absolute Gasteiger partial charge is 0.444 e. The average molecular weight is 248 g/mol. The Labute approximate surface area is 108 Å². The number of hydrogen-bond donors (Lipinski definition) is 1. The van der Waals surface area contributed by atoms with Crippen LogP contribution in [0, 0.1) is 6.92 Å². The molecule has 2 rings (SSSR count). The molecule has 4 nitrogen and oxygen atoms in total. The topological polar surface area (TPSA) is 51.2 Å². The minimum absolute atomic E-state index is 0.123. The summed E-state index contributed by atoms with van der Waals surface area (Å²) in [5.74, 6) is 0. The van der Waals surface area contributed by atoms with Gasteiger partial charge in [-0.05, 0) is 57.7 Å². The van der Waals surface area contributed by atoms with Crippen molar-refractivity contribution in [2.24, 2.45) is 0 Å². The average Bonchev–Trinajstić information content (AvgIpc) is 2.58. The molecule has 1 atom stereocenters. The summed E-state index contributed by atoms with van der Waals surface area (Å²) in [6.07, 6.45) is 3.18. The van der Waals surface area contributed by atoms with E-state index in [0.717, 1.165) is 18.5 Å². The van der Waals surface area contributed by atoms with Crippen LogP contribution in [0.15, 0.2) is 12.3 Å². The van der Waals surface area contributed by atoms with Crippen LogP contribution < -0.4 is 5.32 Å². The Morgan fingerprint density at radius 2 is 2.17 bits per heavy atom. The Morgan fingerprint density at radius 1 is 1.44 bits per heavy atom. The number of alkyl carbamates (subject to hydrolysis) is 1. The maximum Gasteiger partial charge on any atom is 0.407 e. The van der Waals surface area contributed by atoms with Gasteiger partial charge in [-0.2, -0.15) is 0 Å². The lowest BCUT2D eigenvalue weighted by Gasteiger charge is -2.21. The highest BCUT2D eigenvalue weighted by molar-refractivity contribution is 5.68. The molecule has 0 aromatic carbocycles. The van der Waals surface area contributed by atoms with Gasteiger partial charge in [0.2, 0.25) is 0 Å². The van der Waals surface area contributed by atoms with E-state index in [-0.39, 0.29) is 12.1 Å². The van der Waals surface area contributed by atoms with Gasteiger partial charge in [0.1, 0.15) is 5.60 Å². The number of carbonyl (C=O) groups excluding carboxylic acids is 1. The van der Waals surface area contributed by atoms with Crippen LogP contribution in [0.1, 0.15) is 37.6 Å². The number of pyridine rings is 1. The molecular formula is C14H20N2O2. The van der Waals surface area contributed by atoms with Crippen LogP contribution in [0.25, 0.3) is 0 Å². The zero-order chi connectivity index (χ0) is 13.3. The molecule has 0 spiro atoms. The second-order valence-corrected chi connectivity index (χ2v) is 5.79. The van der Waals surface area contributed by atoms with Crippen molar-refractivity contribution in [1.82, 2.24) is 10.3 Å². The summed E-state index contributed by atoms with van der Waals surface area (Å²) in [5, 5.41) is 2.92. The van der Waals surface area contributed by atoms with Gasteiger partial charge in [0, 0.05) is 17.9 Å². The Morgan fingerprint density at radius 3 is 2.78 bits per heavy atom. The van der Waals surface area contributed by atoms with Crippen molar-refractivity contribution in [3.8, 4) is 0 Å². The van der Waals surface area contributed by atoms with Gasteiger partial charge in [-0.25, -0.2) is 4.79 Å². The number of carbonyl (C=O) groups is 1. The fourth-order valence-corrected chi connectivity index (χ4v) is 2.28. The first-order valence-corrected chi connectivity index (χ1v) is 6.28. The van der Waals surface area contributed by atoms with E-state index < -0.39 is 5.60 Å². The van der Waals surface area contributed by atoms with Gasteiger partial charge in [-0.3, -0.25) is 4.98 Å². The predicted molar refractivity (Wildman–Crippen MR) is 69.5 cm³/mol. The van der Waals surface area contributed by atoms with E-state index in [1.165, 1.54) is 11.1 Å². The summed E-state index contributed by atoms with van der Waals surface area (Å²) >= 11 is 0. The van der Waals surface area contributed by atoms with E-state index in [0.29, 0.717) is 0 Å². The second kappa shape index (κ2) is 4.59. The molecular weight excluding hydrogens is 228 g/mol. The van der Waals surface area contributed by atoms with Crippen LogP contribution in [-0.4, -0.2) is 22.7 Å². The standard InChI is InChI=1S/C14H20N2O2/c1-9-12-8-11(7-10(12)5-6-15-9)16-13(17)18-14(2,3)4/h5-6,11H,7-8H2,1-4H3,(H,16,17). The van der Waals surface area contributed by atoms with Crippen molar-refractivity contribution < 1.29 is 9.53 Å². The van der Waals surface area contributed by atoms with Gasteiger partial charge in [-0.1, -0.05) is 0 Å². The number of nitrogens with one attached hydrogen (secondary N) is 1. The molecule has 1 heterocycles. The van der Waals surface area contributed by atoms with Gasteiger partial charge < -0.3 is 10.1 Å². The third-order valence-corrected chi connectivity index (χ3v) is 3.01. The molecule has 1 aromatic rings. The van der Waals surface area contributed by atoms with Crippen molar-refractivity contribution in [2.75, 3.05) is 0 Å². The highest BCUT2D eigenvalue weighted by Crippen LogP contribution is 2.24. The molecule has 0 radical (unpaired) electrons. The molecule has 0 saturated heterocycles. The van der Waals surface area contributed by atoms with E-state index in [2.05, 4.69) is 10.3 Å². The quantitative estimate of drug-likeness (QED) is 0.830. The van der Waals surface area contributed by atoms with Crippen molar-refractivity contribution in [3.63, 3.8) is 0 Å². The smallest absolute Gasteiger partial charge is 0.407 e. The summed E-state index contributed by atoms with van der Waals surface area (Å²) in [4.78, 5) is 16.0. The molecule has 0 bridgehead atoms. The molecule has 1 aliphatic rings. The SMILES string of the molecule is Cc1nccc2c1CC(NC(=O)OC(C)(C)C)C2. The molecule has 1 aromatic heterocycles. The summed E-state index contributed by atoms with van der Waals surface area (Å²) in [5.41, 5.74) is 3.15. The maximum absolute atomic E-state index is 11.7. The number of aryl methyl sites for hydroxylation is 1. The minimum Gasteiger partial charge on any atom is -0.444 e.